The van der Waals surface area contributed by atoms with Crippen LogP contribution in [0.2, 0.25) is 9.26 Å². The Morgan fingerprint density at radius 1 is 1.23 bits per heavy atom. The third-order valence-corrected chi connectivity index (χ3v) is 7.38. The first-order valence-corrected chi connectivity index (χ1v) is 13.3. The Labute approximate surface area is 88.8 Å². The van der Waals surface area contributed by atoms with E-state index >= 15 is 0 Å². The Balaban J connectivity index is 2.78. The van der Waals surface area contributed by atoms with Crippen molar-refractivity contribution in [3.05, 3.63) is 29.8 Å². The molecule has 0 atom stereocenters. The van der Waals surface area contributed by atoms with E-state index in [1.54, 1.807) is 3.27 Å². The monoisotopic (exact) mass is 374 g/mol. The summed E-state index contributed by atoms with van der Waals surface area (Å²) in [7, 11) is 0. The summed E-state index contributed by atoms with van der Waals surface area (Å²) in [6, 6.07) is 8.71. The van der Waals surface area contributed by atoms with Crippen molar-refractivity contribution in [2.75, 3.05) is 6.61 Å². The molecule has 1 aromatic rings. The van der Waals surface area contributed by atoms with E-state index in [4.69, 9.17) is 4.74 Å². The summed E-state index contributed by atoms with van der Waals surface area (Å²) in [4.78, 5) is 0. The second kappa shape index (κ2) is 5.72. The van der Waals surface area contributed by atoms with Gasteiger partial charge in [-0.05, 0) is 0 Å². The van der Waals surface area contributed by atoms with Gasteiger partial charge in [-0.3, -0.25) is 0 Å². The molecule has 13 heavy (non-hydrogen) atoms. The molecule has 0 saturated heterocycles. The Morgan fingerprint density at radius 2 is 1.92 bits per heavy atom. The molecule has 0 aliphatic heterocycles. The van der Waals surface area contributed by atoms with Crippen molar-refractivity contribution < 1.29 is 4.74 Å². The van der Waals surface area contributed by atoms with Crippen LogP contribution in [0.4, 0.5) is 0 Å². The van der Waals surface area contributed by atoms with Crippen LogP contribution in [0.25, 0.3) is 0 Å². The van der Waals surface area contributed by atoms with Gasteiger partial charge in [0.2, 0.25) is 0 Å². The second-order valence-corrected chi connectivity index (χ2v) is 12.0. The van der Waals surface area contributed by atoms with Crippen molar-refractivity contribution in [1.82, 2.24) is 0 Å². The zero-order valence-electron chi connectivity index (χ0n) is 8.58. The molecule has 72 valence electrons. The molecule has 1 nitrogen and oxygen atoms in total. The predicted octanol–water partition coefficient (Wildman–Crippen LogP) is 2.18. The molecule has 0 radical (unpaired) electrons. The first kappa shape index (κ1) is 11.1. The number of hydrogen-bond donors (Lipinski definition) is 0. The van der Waals surface area contributed by atoms with E-state index in [1.165, 1.54) is 5.56 Å². The van der Waals surface area contributed by atoms with Gasteiger partial charge in [0.1, 0.15) is 0 Å². The number of hydrogen-bond acceptors (Lipinski definition) is 1. The molecule has 0 aromatic heterocycles. The number of rotatable bonds is 4. The van der Waals surface area contributed by atoms with Crippen LogP contribution in [-0.4, -0.2) is 28.4 Å². The summed E-state index contributed by atoms with van der Waals surface area (Å²) >= 11 is -1.28. The average molecular weight is 374 g/mol. The zero-order chi connectivity index (χ0) is 9.68. The molecular formula is C11H17BiO. The average Bonchev–Trinajstić information content (AvgIpc) is 2.15. The molecule has 0 spiro atoms. The SMILES string of the molecule is CCOCc1cccc[c]1[Bi]([CH3])[CH3]. The normalized spacial score (nSPS) is 10.8. The van der Waals surface area contributed by atoms with Crippen LogP contribution in [-0.2, 0) is 11.3 Å². The molecule has 0 aliphatic carbocycles. The van der Waals surface area contributed by atoms with Crippen molar-refractivity contribution in [3.8, 4) is 0 Å². The summed E-state index contributed by atoms with van der Waals surface area (Å²) in [5.41, 5.74) is 1.41. The molecule has 1 aromatic carbocycles. The topological polar surface area (TPSA) is 9.23 Å². The maximum absolute atomic E-state index is 5.44. The van der Waals surface area contributed by atoms with Crippen LogP contribution in [0, 0.1) is 0 Å². The third-order valence-electron chi connectivity index (χ3n) is 1.94. The molecule has 0 unspecified atom stereocenters. The minimum atomic E-state index is -1.28. The Hall–Kier alpha value is 0.0631. The van der Waals surface area contributed by atoms with E-state index in [9.17, 15) is 0 Å². The first-order chi connectivity index (χ1) is 6.25. The Morgan fingerprint density at radius 3 is 2.54 bits per heavy atom. The summed E-state index contributed by atoms with van der Waals surface area (Å²) in [6.45, 7) is 3.64. The van der Waals surface area contributed by atoms with E-state index in [-0.39, 0.29) is 0 Å². The van der Waals surface area contributed by atoms with Gasteiger partial charge in [0.15, 0.2) is 0 Å². The van der Waals surface area contributed by atoms with Gasteiger partial charge in [-0.15, -0.1) is 0 Å². The summed E-state index contributed by atoms with van der Waals surface area (Å²) in [5, 5.41) is 0. The van der Waals surface area contributed by atoms with Crippen LogP contribution in [0.5, 0.6) is 0 Å². The predicted molar refractivity (Wildman–Crippen MR) is 58.9 cm³/mol. The third kappa shape index (κ3) is 3.36. The molecular weight excluding hydrogens is 357 g/mol. The van der Waals surface area contributed by atoms with Crippen molar-refractivity contribution >= 4 is 25.0 Å². The number of ether oxygens (including phenoxy) is 1. The van der Waals surface area contributed by atoms with Crippen LogP contribution in [0.3, 0.4) is 0 Å². The fraction of sp³-hybridized carbons (Fsp3) is 0.455. The molecule has 0 bridgehead atoms. The summed E-state index contributed by atoms with van der Waals surface area (Å²) < 4.78 is 11.9. The molecule has 0 fully saturated rings. The van der Waals surface area contributed by atoms with E-state index in [2.05, 4.69) is 33.5 Å². The van der Waals surface area contributed by atoms with Gasteiger partial charge in [-0.2, -0.15) is 0 Å². The van der Waals surface area contributed by atoms with Crippen LogP contribution >= 0.6 is 0 Å². The van der Waals surface area contributed by atoms with E-state index in [1.807, 2.05) is 6.92 Å². The summed E-state index contributed by atoms with van der Waals surface area (Å²) in [5.74, 6) is 0. The van der Waals surface area contributed by atoms with Gasteiger partial charge in [0.05, 0.1) is 0 Å². The molecule has 0 saturated carbocycles. The van der Waals surface area contributed by atoms with Crippen LogP contribution in [0.1, 0.15) is 12.5 Å². The molecule has 0 aliphatic rings. The Bertz CT molecular complexity index is 258. The van der Waals surface area contributed by atoms with Gasteiger partial charge >= 0.3 is 89.0 Å². The minimum absolute atomic E-state index is 0.792. The Kier molecular flexibility index (Phi) is 4.90. The van der Waals surface area contributed by atoms with Crippen molar-refractivity contribution in [3.63, 3.8) is 0 Å². The van der Waals surface area contributed by atoms with Crippen molar-refractivity contribution in [1.29, 1.82) is 0 Å². The van der Waals surface area contributed by atoms with Crippen LogP contribution in [0.15, 0.2) is 24.3 Å². The molecule has 0 heterocycles. The maximum atomic E-state index is 5.44. The van der Waals surface area contributed by atoms with Gasteiger partial charge in [-0.25, -0.2) is 0 Å². The van der Waals surface area contributed by atoms with E-state index in [0.29, 0.717) is 0 Å². The zero-order valence-corrected chi connectivity index (χ0v) is 12.1. The molecule has 1 rings (SSSR count). The standard InChI is InChI=1S/C9H11O.2CH3.Bi/c1-2-10-8-9-6-4-3-5-7-9;;;/h3-6H,2,8H2,1H3;2*1H3;. The fourth-order valence-corrected chi connectivity index (χ4v) is 5.55. The summed E-state index contributed by atoms with van der Waals surface area (Å²) in [6.07, 6.45) is 0. The van der Waals surface area contributed by atoms with Gasteiger partial charge < -0.3 is 0 Å². The quantitative estimate of drug-likeness (QED) is 0.735. The van der Waals surface area contributed by atoms with E-state index in [0.717, 1.165) is 13.2 Å². The molecule has 2 heteroatoms. The molecule has 0 amide bonds. The second-order valence-electron chi connectivity index (χ2n) is 3.16. The fourth-order valence-electron chi connectivity index (χ4n) is 1.28. The number of benzene rings is 1. The van der Waals surface area contributed by atoms with Crippen molar-refractivity contribution in [2.45, 2.75) is 22.8 Å². The van der Waals surface area contributed by atoms with Gasteiger partial charge in [-0.1, -0.05) is 0 Å². The van der Waals surface area contributed by atoms with E-state index < -0.39 is 21.8 Å². The first-order valence-electron chi connectivity index (χ1n) is 4.58. The molecule has 0 N–H and O–H groups in total. The van der Waals surface area contributed by atoms with Crippen LogP contribution < -0.4 is 3.27 Å². The van der Waals surface area contributed by atoms with Gasteiger partial charge in [0, 0.05) is 0 Å². The van der Waals surface area contributed by atoms with Crippen molar-refractivity contribution in [2.24, 2.45) is 0 Å². The van der Waals surface area contributed by atoms with Gasteiger partial charge in [0.25, 0.3) is 0 Å².